The molecule has 0 aromatic heterocycles. The molecular formula is C23H38O5P+. The van der Waals surface area contributed by atoms with Gasteiger partial charge in [0.1, 0.15) is 5.75 Å². The Labute approximate surface area is 177 Å². The lowest BCUT2D eigenvalue weighted by atomic mass is 9.78. The van der Waals surface area contributed by atoms with Crippen LogP contribution in [0.5, 0.6) is 5.75 Å². The number of rotatable bonds is 6. The molecule has 5 nitrogen and oxygen atoms in total. The summed E-state index contributed by atoms with van der Waals surface area (Å²) in [7, 11) is -2.82. The molecule has 1 rings (SSSR count). The van der Waals surface area contributed by atoms with E-state index in [1.165, 1.54) is 25.8 Å². The van der Waals surface area contributed by atoms with E-state index in [4.69, 9.17) is 4.89 Å². The van der Waals surface area contributed by atoms with Crippen molar-refractivity contribution in [3.8, 4) is 5.75 Å². The highest BCUT2D eigenvalue weighted by atomic mass is 31.1. The van der Waals surface area contributed by atoms with E-state index in [1.54, 1.807) is 6.08 Å². The van der Waals surface area contributed by atoms with Gasteiger partial charge in [0.05, 0.1) is 0 Å². The fraction of sp³-hybridized carbons (Fsp3) is 0.609. The van der Waals surface area contributed by atoms with E-state index in [1.807, 2.05) is 53.7 Å². The molecule has 0 bridgehead atoms. The van der Waals surface area contributed by atoms with Crippen molar-refractivity contribution in [3.05, 3.63) is 34.9 Å². The van der Waals surface area contributed by atoms with Gasteiger partial charge in [-0.1, -0.05) is 74.3 Å². The number of phenolic OH excluding ortho intramolecular Hbond substituents is 1. The molecule has 1 aromatic rings. The Balaban J connectivity index is 0.00000178. The maximum Gasteiger partial charge on any atom is 0.695 e. The molecule has 0 radical (unpaired) electrons. The molecule has 0 aliphatic carbocycles. The van der Waals surface area contributed by atoms with Crippen molar-refractivity contribution >= 4 is 20.1 Å². The van der Waals surface area contributed by atoms with E-state index in [2.05, 4.69) is 18.4 Å². The Hall–Kier alpha value is -1.55. The Kier molecular flexibility index (Phi) is 11.0. The third kappa shape index (κ3) is 9.66. The minimum absolute atomic E-state index is 0.260. The van der Waals surface area contributed by atoms with Gasteiger partial charge in [0.25, 0.3) is 0 Å². The molecule has 6 heteroatoms. The maximum atomic E-state index is 12.0. The second-order valence-electron chi connectivity index (χ2n) is 9.19. The van der Waals surface area contributed by atoms with Crippen LogP contribution in [-0.4, -0.2) is 21.9 Å². The largest absolute Gasteiger partial charge is 0.695 e. The number of hydrogen-bond donors (Lipinski definition) is 2. The SMILES string of the molecule is CC(O[P+](=O)O)C(=O)/C=C/c1cc(C(C)(C)C)c(O)c(C(C)(C)C)c1.CCCC. The molecule has 2 unspecified atom stereocenters. The van der Waals surface area contributed by atoms with Crippen LogP contribution in [0.1, 0.15) is 91.8 Å². The standard InChI is InChI=1S/C19H27O5P.C4H10/c1-12(24-25(22)23)16(20)9-8-13-10-14(18(2,3)4)17(21)15(11-13)19(5,6)7;1-3-4-2/h8-12H,1-7H3,(H-,20,21,22,23);3-4H2,1-2H3/p+1. The Bertz CT molecular complexity index is 687. The quantitative estimate of drug-likeness (QED) is 0.405. The van der Waals surface area contributed by atoms with Gasteiger partial charge in [-0.2, -0.15) is 0 Å². The third-order valence-corrected chi connectivity index (χ3v) is 4.83. The molecule has 0 spiro atoms. The zero-order valence-corrected chi connectivity index (χ0v) is 20.3. The van der Waals surface area contributed by atoms with Crippen LogP contribution in [0.4, 0.5) is 0 Å². The Morgan fingerprint density at radius 3 is 1.79 bits per heavy atom. The summed E-state index contributed by atoms with van der Waals surface area (Å²) < 4.78 is 15.3. The summed E-state index contributed by atoms with van der Waals surface area (Å²) in [6.45, 7) is 17.9. The summed E-state index contributed by atoms with van der Waals surface area (Å²) in [6.07, 6.45) is 4.61. The van der Waals surface area contributed by atoms with E-state index in [-0.39, 0.29) is 16.6 Å². The van der Waals surface area contributed by atoms with Gasteiger partial charge in [-0.3, -0.25) is 4.79 Å². The van der Waals surface area contributed by atoms with E-state index in [9.17, 15) is 14.5 Å². The molecule has 29 heavy (non-hydrogen) atoms. The Morgan fingerprint density at radius 2 is 1.48 bits per heavy atom. The number of aromatic hydroxyl groups is 1. The minimum atomic E-state index is -2.82. The highest BCUT2D eigenvalue weighted by Gasteiger charge is 2.27. The van der Waals surface area contributed by atoms with Gasteiger partial charge in [0.15, 0.2) is 11.9 Å². The molecule has 1 aromatic carbocycles. The molecule has 0 aliphatic heterocycles. The van der Waals surface area contributed by atoms with Crippen molar-refractivity contribution in [2.24, 2.45) is 0 Å². The molecule has 164 valence electrons. The lowest BCUT2D eigenvalue weighted by molar-refractivity contribution is -0.120. The molecule has 0 amide bonds. The van der Waals surface area contributed by atoms with Crippen LogP contribution in [0.2, 0.25) is 0 Å². The van der Waals surface area contributed by atoms with Gasteiger partial charge in [-0.25, -0.2) is 0 Å². The normalized spacial score (nSPS) is 13.7. The second kappa shape index (κ2) is 11.6. The van der Waals surface area contributed by atoms with E-state index in [0.29, 0.717) is 0 Å². The fourth-order valence-electron chi connectivity index (χ4n) is 2.40. The van der Waals surface area contributed by atoms with Gasteiger partial charge in [-0.05, 0) is 41.5 Å². The number of carbonyl (C=O) groups is 1. The zero-order valence-electron chi connectivity index (χ0n) is 19.4. The molecule has 0 saturated carbocycles. The second-order valence-corrected chi connectivity index (χ2v) is 9.87. The first-order valence-corrected chi connectivity index (χ1v) is 11.2. The zero-order chi connectivity index (χ0) is 23.0. The van der Waals surface area contributed by atoms with Crippen LogP contribution in [0, 0.1) is 0 Å². The van der Waals surface area contributed by atoms with Crippen molar-refractivity contribution in [1.29, 1.82) is 0 Å². The lowest BCUT2D eigenvalue weighted by Crippen LogP contribution is -2.17. The van der Waals surface area contributed by atoms with Crippen LogP contribution in [0.3, 0.4) is 0 Å². The van der Waals surface area contributed by atoms with Crippen LogP contribution in [-0.2, 0) is 24.7 Å². The van der Waals surface area contributed by atoms with Crippen molar-refractivity contribution < 1.29 is 23.9 Å². The summed E-state index contributed by atoms with van der Waals surface area (Å²) >= 11 is 0. The van der Waals surface area contributed by atoms with Crippen LogP contribution >= 0.6 is 8.25 Å². The van der Waals surface area contributed by atoms with Crippen LogP contribution in [0.15, 0.2) is 18.2 Å². The van der Waals surface area contributed by atoms with E-state index in [0.717, 1.165) is 16.7 Å². The lowest BCUT2D eigenvalue weighted by Gasteiger charge is -2.27. The highest BCUT2D eigenvalue weighted by molar-refractivity contribution is 7.32. The third-order valence-electron chi connectivity index (χ3n) is 4.34. The first-order valence-electron chi connectivity index (χ1n) is 10.1. The summed E-state index contributed by atoms with van der Waals surface area (Å²) in [5, 5.41) is 10.7. The first-order chi connectivity index (χ1) is 13.1. The van der Waals surface area contributed by atoms with E-state index < -0.39 is 20.1 Å². The molecule has 2 atom stereocenters. The average Bonchev–Trinajstić information content (AvgIpc) is 2.58. The van der Waals surface area contributed by atoms with Crippen LogP contribution in [0.25, 0.3) is 6.08 Å². The van der Waals surface area contributed by atoms with Gasteiger partial charge >= 0.3 is 8.25 Å². The van der Waals surface area contributed by atoms with Gasteiger partial charge in [0.2, 0.25) is 0 Å². The highest BCUT2D eigenvalue weighted by Crippen LogP contribution is 2.40. The molecule has 0 saturated heterocycles. The number of phenols is 1. The fourth-order valence-corrected chi connectivity index (χ4v) is 2.77. The maximum absolute atomic E-state index is 12.0. The average molecular weight is 426 g/mol. The van der Waals surface area contributed by atoms with Crippen molar-refractivity contribution in [2.45, 2.75) is 92.1 Å². The van der Waals surface area contributed by atoms with Crippen LogP contribution < -0.4 is 0 Å². The summed E-state index contributed by atoms with van der Waals surface area (Å²) in [4.78, 5) is 20.7. The molecule has 0 fully saturated rings. The topological polar surface area (TPSA) is 83.8 Å². The monoisotopic (exact) mass is 425 g/mol. The number of carbonyl (C=O) groups excluding carboxylic acids is 1. The minimum Gasteiger partial charge on any atom is -0.507 e. The van der Waals surface area contributed by atoms with Gasteiger partial charge in [0, 0.05) is 15.7 Å². The van der Waals surface area contributed by atoms with Crippen molar-refractivity contribution in [2.75, 3.05) is 0 Å². The summed E-state index contributed by atoms with van der Waals surface area (Å²) in [6, 6.07) is 3.71. The number of benzene rings is 1. The number of ketones is 1. The number of hydrogen-bond acceptors (Lipinski definition) is 4. The van der Waals surface area contributed by atoms with Gasteiger partial charge < -0.3 is 5.11 Å². The Morgan fingerprint density at radius 1 is 1.07 bits per heavy atom. The van der Waals surface area contributed by atoms with Crippen molar-refractivity contribution in [3.63, 3.8) is 0 Å². The first kappa shape index (κ1) is 27.5. The molecule has 0 aliphatic rings. The van der Waals surface area contributed by atoms with Gasteiger partial charge in [-0.15, -0.1) is 9.42 Å². The van der Waals surface area contributed by atoms with Crippen molar-refractivity contribution in [1.82, 2.24) is 0 Å². The predicted octanol–water partition coefficient (Wildman–Crippen LogP) is 6.43. The summed E-state index contributed by atoms with van der Waals surface area (Å²) in [5.74, 6) is -0.127. The smallest absolute Gasteiger partial charge is 0.507 e. The predicted molar refractivity (Wildman–Crippen MR) is 121 cm³/mol. The molecular weight excluding hydrogens is 387 g/mol. The number of unbranched alkanes of at least 4 members (excludes halogenated alkanes) is 1. The molecule has 2 N–H and O–H groups in total. The molecule has 0 heterocycles. The summed E-state index contributed by atoms with van der Waals surface area (Å²) in [5.41, 5.74) is 1.86. The van der Waals surface area contributed by atoms with E-state index >= 15 is 0 Å².